The van der Waals surface area contributed by atoms with E-state index in [1.54, 1.807) is 37.4 Å². The number of carboxylic acids is 1. The number of aliphatic imine (C=N–C) groups is 1. The molecule has 0 saturated carbocycles. The maximum absolute atomic E-state index is 14.7. The first-order valence-electron chi connectivity index (χ1n) is 9.75. The number of ether oxygens (including phenoxy) is 1. The number of halogens is 1. The summed E-state index contributed by atoms with van der Waals surface area (Å²) in [6, 6.07) is 22.3. The van der Waals surface area contributed by atoms with Gasteiger partial charge in [0.15, 0.2) is 5.17 Å². The predicted molar refractivity (Wildman–Crippen MR) is 128 cm³/mol. The van der Waals surface area contributed by atoms with Crippen LogP contribution in [0, 0.1) is 11.9 Å². The van der Waals surface area contributed by atoms with E-state index in [9.17, 15) is 9.18 Å². The number of thioether (sulfide) groups is 1. The Morgan fingerprint density at radius 3 is 2.32 bits per heavy atom. The Balaban J connectivity index is 0.000000758. The quantitative estimate of drug-likeness (QED) is 0.336. The van der Waals surface area contributed by atoms with Gasteiger partial charge in [0.25, 0.3) is 11.9 Å². The molecule has 0 aliphatic carbocycles. The van der Waals surface area contributed by atoms with Crippen LogP contribution in [0.3, 0.4) is 0 Å². The van der Waals surface area contributed by atoms with Crippen LogP contribution in [0.4, 0.5) is 10.1 Å². The van der Waals surface area contributed by atoms with E-state index in [-0.39, 0.29) is 35.5 Å². The summed E-state index contributed by atoms with van der Waals surface area (Å²) in [5.74, 6) is -0.788. The van der Waals surface area contributed by atoms with Crippen molar-refractivity contribution < 1.29 is 53.4 Å². The summed E-state index contributed by atoms with van der Waals surface area (Å²) < 4.78 is 19.8. The number of amides is 1. The second-order valence-corrected chi connectivity index (χ2v) is 7.75. The summed E-state index contributed by atoms with van der Waals surface area (Å²) in [6.45, 7) is 1.08. The van der Waals surface area contributed by atoms with Gasteiger partial charge in [0.1, 0.15) is 11.6 Å². The normalized spacial score (nSPS) is 14.6. The van der Waals surface area contributed by atoms with Crippen LogP contribution < -0.4 is 39.6 Å². The molecule has 34 heavy (non-hydrogen) atoms. The van der Waals surface area contributed by atoms with Crippen LogP contribution in [-0.4, -0.2) is 29.3 Å². The van der Waals surface area contributed by atoms with Crippen molar-refractivity contribution in [1.82, 2.24) is 5.32 Å². The predicted octanol–water partition coefficient (Wildman–Crippen LogP) is 2.29. The molecule has 2 N–H and O–H groups in total. The summed E-state index contributed by atoms with van der Waals surface area (Å²) >= 11 is 1.18. The van der Waals surface area contributed by atoms with E-state index in [1.807, 2.05) is 30.3 Å². The molecular weight excluding hydrogens is 466 g/mol. The van der Waals surface area contributed by atoms with Crippen molar-refractivity contribution in [3.63, 3.8) is 0 Å². The number of rotatable bonds is 4. The fraction of sp³-hybridized carbons (Fsp3) is 0.0800. The van der Waals surface area contributed by atoms with Gasteiger partial charge in [0, 0.05) is 12.5 Å². The largest absolute Gasteiger partial charge is 1.00 e. The molecule has 0 atom stereocenters. The molecule has 1 aliphatic rings. The minimum absolute atomic E-state index is 0. The van der Waals surface area contributed by atoms with Crippen LogP contribution >= 0.6 is 11.8 Å². The SMILES string of the molecule is CC(=O)O.COc1ccc(-c2ccc(/C=C3/SC(=Nc4cc[c-]cc4)NC3=O)c(F)c2)cc1.[Na+]. The van der Waals surface area contributed by atoms with Crippen LogP contribution in [0.1, 0.15) is 12.5 Å². The number of carbonyl (C=O) groups excluding carboxylic acids is 1. The number of amidine groups is 1. The number of nitrogens with zero attached hydrogens (tertiary/aromatic N) is 1. The average Bonchev–Trinajstić information content (AvgIpc) is 3.14. The standard InChI is InChI=1S/C23H16FN2O2S.C2H4O2.Na/c1-28-19-11-9-15(10-12-19)16-7-8-17(20(24)13-16)14-21-22(27)26-23(29-21)25-18-5-3-2-4-6-18;1-2(3)4;/h3-14H,1H3,(H,25,26,27);1H3,(H,3,4);/q-1;;+1/b21-14+;;. The second kappa shape index (κ2) is 13.1. The molecule has 1 fully saturated rings. The average molecular weight is 487 g/mol. The maximum atomic E-state index is 14.7. The van der Waals surface area contributed by atoms with Gasteiger partial charge in [-0.1, -0.05) is 24.3 Å². The third kappa shape index (κ3) is 7.85. The van der Waals surface area contributed by atoms with Crippen molar-refractivity contribution in [3.8, 4) is 16.9 Å². The number of benzene rings is 3. The number of hydrogen-bond donors (Lipinski definition) is 2. The smallest absolute Gasteiger partial charge is 0.497 e. The van der Waals surface area contributed by atoms with Crippen LogP contribution in [0.25, 0.3) is 17.2 Å². The van der Waals surface area contributed by atoms with Gasteiger partial charge in [0.2, 0.25) is 0 Å². The zero-order chi connectivity index (χ0) is 23.8. The van der Waals surface area contributed by atoms with E-state index in [2.05, 4.69) is 16.4 Å². The Morgan fingerprint density at radius 2 is 1.74 bits per heavy atom. The summed E-state index contributed by atoms with van der Waals surface area (Å²) in [7, 11) is 1.60. The zero-order valence-corrected chi connectivity index (χ0v) is 21.7. The van der Waals surface area contributed by atoms with Crippen molar-refractivity contribution in [3.05, 3.63) is 89.1 Å². The fourth-order valence-electron chi connectivity index (χ4n) is 2.80. The monoisotopic (exact) mass is 486 g/mol. The molecule has 1 saturated heterocycles. The second-order valence-electron chi connectivity index (χ2n) is 6.72. The van der Waals surface area contributed by atoms with E-state index in [1.165, 1.54) is 23.9 Å². The van der Waals surface area contributed by atoms with E-state index in [4.69, 9.17) is 14.6 Å². The van der Waals surface area contributed by atoms with E-state index in [0.717, 1.165) is 23.8 Å². The third-order valence-corrected chi connectivity index (χ3v) is 5.20. The topological polar surface area (TPSA) is 88.0 Å². The zero-order valence-electron chi connectivity index (χ0n) is 18.8. The minimum Gasteiger partial charge on any atom is -0.497 e. The van der Waals surface area contributed by atoms with Crippen LogP contribution in [0.15, 0.2) is 76.6 Å². The molecule has 0 unspecified atom stereocenters. The molecule has 9 heteroatoms. The molecule has 0 bridgehead atoms. The number of carbonyl (C=O) groups is 2. The first kappa shape index (κ1) is 27.3. The van der Waals surface area contributed by atoms with Crippen molar-refractivity contribution >= 4 is 40.6 Å². The molecule has 4 rings (SSSR count). The third-order valence-electron chi connectivity index (χ3n) is 4.29. The summed E-state index contributed by atoms with van der Waals surface area (Å²) in [6.07, 6.45) is 1.54. The summed E-state index contributed by atoms with van der Waals surface area (Å²) in [5, 5.41) is 10.6. The van der Waals surface area contributed by atoms with E-state index < -0.39 is 11.8 Å². The van der Waals surface area contributed by atoms with E-state index >= 15 is 0 Å². The number of carboxylic acid groups (broad SMARTS) is 1. The van der Waals surface area contributed by atoms with Gasteiger partial charge in [-0.25, -0.2) is 4.39 Å². The number of hydrogen-bond acceptors (Lipinski definition) is 5. The Hall–Kier alpha value is -2.91. The summed E-state index contributed by atoms with van der Waals surface area (Å²) in [5.41, 5.74) is 2.68. The van der Waals surface area contributed by atoms with Gasteiger partial charge in [-0.15, -0.1) is 12.1 Å². The Morgan fingerprint density at radius 1 is 1.12 bits per heavy atom. The first-order valence-corrected chi connectivity index (χ1v) is 10.6. The van der Waals surface area contributed by atoms with Gasteiger partial charge >= 0.3 is 29.6 Å². The van der Waals surface area contributed by atoms with Crippen molar-refractivity contribution in [1.29, 1.82) is 0 Å². The molecule has 0 spiro atoms. The molecular formula is C25H20FN2NaO4S. The maximum Gasteiger partial charge on any atom is 1.00 e. The Kier molecular flexibility index (Phi) is 10.5. The number of nitrogens with one attached hydrogen (secondary N) is 1. The number of aliphatic carboxylic acids is 1. The molecule has 168 valence electrons. The molecule has 1 amide bonds. The molecule has 0 aromatic heterocycles. The van der Waals surface area contributed by atoms with E-state index in [0.29, 0.717) is 21.3 Å². The summed E-state index contributed by atoms with van der Waals surface area (Å²) in [4.78, 5) is 26.0. The van der Waals surface area contributed by atoms with Crippen LogP contribution in [0.2, 0.25) is 0 Å². The Labute approximate surface area is 223 Å². The van der Waals surface area contributed by atoms with Crippen LogP contribution in [-0.2, 0) is 9.59 Å². The number of methoxy groups -OCH3 is 1. The van der Waals surface area contributed by atoms with Crippen molar-refractivity contribution in [2.45, 2.75) is 6.92 Å². The van der Waals surface area contributed by atoms with Gasteiger partial charge < -0.3 is 15.2 Å². The van der Waals surface area contributed by atoms with Crippen molar-refractivity contribution in [2.75, 3.05) is 7.11 Å². The Bertz CT molecular complexity index is 1210. The van der Waals surface area contributed by atoms with Gasteiger partial charge in [0.05, 0.1) is 12.0 Å². The van der Waals surface area contributed by atoms with Gasteiger partial charge in [-0.3, -0.25) is 14.6 Å². The molecule has 6 nitrogen and oxygen atoms in total. The molecule has 1 aliphatic heterocycles. The first-order chi connectivity index (χ1) is 15.9. The molecule has 3 aromatic rings. The van der Waals surface area contributed by atoms with Crippen LogP contribution in [0.5, 0.6) is 5.75 Å². The molecule has 3 aromatic carbocycles. The molecule has 1 heterocycles. The fourth-order valence-corrected chi connectivity index (χ4v) is 3.63. The van der Waals surface area contributed by atoms with Gasteiger partial charge in [-0.2, -0.15) is 18.2 Å². The minimum atomic E-state index is -0.833. The van der Waals surface area contributed by atoms with Gasteiger partial charge in [-0.05, 0) is 52.9 Å². The van der Waals surface area contributed by atoms with Crippen molar-refractivity contribution in [2.24, 2.45) is 4.99 Å². The molecule has 0 radical (unpaired) electrons.